The maximum absolute atomic E-state index is 14.8. The second-order valence-corrected chi connectivity index (χ2v) is 22.9. The number of fused-ring (bicyclic) bond motifs is 2. The van der Waals surface area contributed by atoms with E-state index in [0.29, 0.717) is 0 Å². The van der Waals surface area contributed by atoms with Crippen LogP contribution in [0.25, 0.3) is 22.3 Å². The number of ether oxygens (including phenoxy) is 4. The first-order valence-electron chi connectivity index (χ1n) is 28.5. The summed E-state index contributed by atoms with van der Waals surface area (Å²) in [5.74, 6) is -17.4. The lowest BCUT2D eigenvalue weighted by atomic mass is 9.98. The van der Waals surface area contributed by atoms with Gasteiger partial charge in [0.2, 0.25) is 23.0 Å². The Morgan fingerprint density at radius 3 is 0.814 bits per heavy atom. The first-order valence-corrected chi connectivity index (χ1v) is 30.0. The summed E-state index contributed by atoms with van der Waals surface area (Å²) >= 11 is 29.8. The van der Waals surface area contributed by atoms with E-state index in [2.05, 4.69) is 5.53 Å². The molecule has 0 aliphatic carbocycles. The van der Waals surface area contributed by atoms with Gasteiger partial charge in [-0.25, -0.2) is 79.2 Å². The number of carbonyl (C=O) groups is 4. The van der Waals surface area contributed by atoms with E-state index >= 15 is 0 Å². The second kappa shape index (κ2) is 25.1. The highest BCUT2D eigenvalue weighted by atomic mass is 35.5. The molecule has 0 unspecified atom stereocenters. The molecule has 0 radical (unpaired) electrons. The van der Waals surface area contributed by atoms with Crippen LogP contribution in [0.4, 0.5) is 35.1 Å². The molecule has 8 aromatic carbocycles. The van der Waals surface area contributed by atoms with Gasteiger partial charge in [0.05, 0.1) is 87.3 Å². The van der Waals surface area contributed by atoms with Crippen molar-refractivity contribution >= 4 is 104 Å². The summed E-state index contributed by atoms with van der Waals surface area (Å²) in [6.45, 7) is 0. The first kappa shape index (κ1) is 63.1. The average molecular weight is 1390 g/mol. The fraction of sp³-hybridized carbons (Fsp3) is 0. The number of benzene rings is 8. The topological polar surface area (TPSA) is 152 Å². The van der Waals surface area contributed by atoms with Gasteiger partial charge in [-0.1, -0.05) is 119 Å². The van der Waals surface area contributed by atoms with E-state index in [0.717, 1.165) is 72.8 Å². The number of allylic oxidation sites excluding steroid dienone is 4. The summed E-state index contributed by atoms with van der Waals surface area (Å²) in [6, 6.07) is 40.7. The Balaban J connectivity index is 1.02. The van der Waals surface area contributed by atoms with Crippen LogP contribution in [-0.2, 0) is 0 Å². The Morgan fingerprint density at radius 1 is 0.309 bits per heavy atom. The largest absolute Gasteiger partial charge is 0.417 e. The molecular weight excluding hydrogens is 1360 g/mol. The molecule has 0 atom stereocenters. The van der Waals surface area contributed by atoms with Crippen LogP contribution in [0.15, 0.2) is 236 Å². The number of carbonyl (C=O) groups excluding carboxylic acids is 4. The molecule has 10 aromatic rings. The molecule has 25 heteroatoms. The lowest BCUT2D eigenvalue weighted by molar-refractivity contribution is 0.0711. The maximum Gasteiger partial charge on any atom is 0.343 e. The van der Waals surface area contributed by atoms with Gasteiger partial charge in [0.1, 0.15) is 0 Å². The average Bonchev–Trinajstić information content (AvgIpc) is 1.57. The molecule has 478 valence electrons. The summed E-state index contributed by atoms with van der Waals surface area (Å²) in [4.78, 5) is 65.0. The minimum atomic E-state index is -1.14. The van der Waals surface area contributed by atoms with Gasteiger partial charge >= 0.3 is 23.9 Å². The zero-order valence-corrected chi connectivity index (χ0v) is 51.6. The highest BCUT2D eigenvalue weighted by molar-refractivity contribution is 6.59. The number of nitrogens with zero attached hydrogens (tertiary/aromatic N) is 4. The van der Waals surface area contributed by atoms with Crippen LogP contribution in [-0.4, -0.2) is 44.7 Å². The van der Waals surface area contributed by atoms with E-state index in [4.69, 9.17) is 75.3 Å². The van der Waals surface area contributed by atoms with Crippen LogP contribution in [0.5, 0.6) is 23.0 Å². The number of nitrogens with one attached hydrogen (secondary N) is 1. The van der Waals surface area contributed by atoms with Gasteiger partial charge < -0.3 is 18.9 Å². The van der Waals surface area contributed by atoms with Gasteiger partial charge in [-0.15, -0.1) is 0 Å². The van der Waals surface area contributed by atoms with Crippen LogP contribution in [0.2, 0.25) is 0 Å². The number of aromatic nitrogens is 2. The Hall–Kier alpha value is -11.4. The summed E-state index contributed by atoms with van der Waals surface area (Å²) in [5.41, 5.74) is 5.26. The van der Waals surface area contributed by atoms with E-state index in [1.807, 2.05) is 0 Å². The van der Waals surface area contributed by atoms with Crippen molar-refractivity contribution < 1.29 is 73.2 Å². The SMILES string of the molecule is O=C(Oc1c(F)cccc1F)c1ccc(C2=C3N=C(C(Cl)=C3Cl)C(c3ccc(C(=O)Oc4c(F)cccc4F)cc3)=c3ccc4n3Nn3c2ccc3C(c2ccc(C(=O)Oc3c(F)cccc3F)cc2)=C2N=C(C(Cl)=C2Cl)C=4c2ccc(C(=O)Oc3c(F)cccc3F)cc2)cc1. The fourth-order valence-corrected chi connectivity index (χ4v) is 12.0. The number of hydrogen-bond acceptors (Lipinski definition) is 11. The zero-order chi connectivity index (χ0) is 67.8. The normalized spacial score (nSPS) is 13.9. The number of hydrogen-bond donors (Lipinski definition) is 1. The minimum Gasteiger partial charge on any atom is -0.417 e. The van der Waals surface area contributed by atoms with E-state index in [9.17, 15) is 54.3 Å². The quantitative estimate of drug-likeness (QED) is 0.0716. The molecule has 0 saturated heterocycles. The molecule has 0 amide bonds. The molecule has 0 saturated carbocycles. The van der Waals surface area contributed by atoms with E-state index < -0.39 is 93.4 Å². The predicted molar refractivity (Wildman–Crippen MR) is 343 cm³/mol. The van der Waals surface area contributed by atoms with Gasteiger partial charge in [0.15, 0.2) is 46.5 Å². The molecule has 97 heavy (non-hydrogen) atoms. The standard InChI is InChI=1S/C72H33Cl4F8N5O8/c73-57-58(74)62-55(35-17-25-39(26-18-35)71(92)96-67-45(81)9-3-10-46(67)82)51-31-32-52-56(36-19-27-40(28-20-36)72(93)97-68-47(83)11-4-12-48(68)84)64-60(76)59(75)63(86-64)54(34-15-23-38(24-16-34)70(91)95-66-43(79)7-2-8-44(66)80)50-30-29-49(88(50)87-89(51)52)53(61(57)85-62)33-13-21-37(22-14-33)69(90)94-65-41(77)5-1-6-42(65)78/h1-32,87H. The lowest BCUT2D eigenvalue weighted by Gasteiger charge is -2.24. The van der Waals surface area contributed by atoms with Crippen molar-refractivity contribution in [3.05, 3.63) is 339 Å². The highest BCUT2D eigenvalue weighted by Gasteiger charge is 2.37. The second-order valence-electron chi connectivity index (χ2n) is 21.4. The molecular formula is C72H33Cl4F8N5O8. The summed E-state index contributed by atoms with van der Waals surface area (Å²) in [5, 5.41) is -0.0716. The fourth-order valence-electron chi connectivity index (χ4n) is 11.1. The monoisotopic (exact) mass is 1390 g/mol. The molecule has 0 spiro atoms. The predicted octanol–water partition coefficient (Wildman–Crippen LogP) is 15.5. The van der Waals surface area contributed by atoms with Gasteiger partial charge in [0.25, 0.3) is 0 Å². The summed E-state index contributed by atoms with van der Waals surface area (Å²) in [6.07, 6.45) is 0. The van der Waals surface area contributed by atoms with Gasteiger partial charge in [-0.2, -0.15) is 0 Å². The van der Waals surface area contributed by atoms with Crippen LogP contribution in [0, 0.1) is 46.5 Å². The van der Waals surface area contributed by atoms with Crippen LogP contribution >= 0.6 is 46.4 Å². The van der Waals surface area contributed by atoms with Crippen molar-refractivity contribution in [2.24, 2.45) is 9.98 Å². The van der Waals surface area contributed by atoms with Crippen molar-refractivity contribution in [1.29, 1.82) is 0 Å². The van der Waals surface area contributed by atoms with E-state index in [-0.39, 0.29) is 132 Å². The van der Waals surface area contributed by atoms with Gasteiger partial charge in [0, 0.05) is 22.3 Å². The number of para-hydroxylation sites is 4. The Kier molecular flexibility index (Phi) is 16.3. The molecule has 4 aliphatic rings. The Morgan fingerprint density at radius 2 is 0.557 bits per heavy atom. The molecule has 13 nitrogen and oxygen atoms in total. The molecule has 2 aromatic heterocycles. The number of rotatable bonds is 12. The minimum absolute atomic E-state index is 0.0178. The number of aliphatic imine (C=N–C) groups is 2. The smallest absolute Gasteiger partial charge is 0.343 e. The molecule has 6 heterocycles. The third-order valence-electron chi connectivity index (χ3n) is 15.7. The Labute approximate surface area is 560 Å². The molecule has 0 fully saturated rings. The zero-order valence-electron chi connectivity index (χ0n) is 48.6. The summed E-state index contributed by atoms with van der Waals surface area (Å²) < 4.78 is 142. The maximum atomic E-state index is 14.8. The van der Waals surface area contributed by atoms with Gasteiger partial charge in [-0.3, -0.25) is 0 Å². The Bertz CT molecular complexity index is 5060. The van der Waals surface area contributed by atoms with Crippen molar-refractivity contribution in [2.45, 2.75) is 0 Å². The first-order chi connectivity index (χ1) is 46.7. The van der Waals surface area contributed by atoms with Crippen molar-refractivity contribution in [2.75, 3.05) is 5.53 Å². The lowest BCUT2D eigenvalue weighted by Crippen LogP contribution is -2.42. The van der Waals surface area contributed by atoms with Crippen LogP contribution < -0.4 is 35.2 Å². The van der Waals surface area contributed by atoms with Crippen molar-refractivity contribution in [3.8, 4) is 23.0 Å². The number of esters is 4. The third-order valence-corrected chi connectivity index (χ3v) is 17.4. The van der Waals surface area contributed by atoms with Crippen molar-refractivity contribution in [1.82, 2.24) is 9.35 Å². The van der Waals surface area contributed by atoms with Crippen molar-refractivity contribution in [3.63, 3.8) is 0 Å². The molecule has 4 aliphatic heterocycles. The molecule has 1 N–H and O–H groups in total. The molecule has 6 bridgehead atoms. The highest BCUT2D eigenvalue weighted by Crippen LogP contribution is 2.46. The van der Waals surface area contributed by atoms with Crippen LogP contribution in [0.3, 0.4) is 0 Å². The molecule has 14 rings (SSSR count). The van der Waals surface area contributed by atoms with E-state index in [1.54, 1.807) is 33.6 Å². The van der Waals surface area contributed by atoms with E-state index in [1.165, 1.54) is 97.1 Å². The third kappa shape index (κ3) is 11.3. The van der Waals surface area contributed by atoms with Crippen LogP contribution in [0.1, 0.15) is 75.1 Å². The van der Waals surface area contributed by atoms with Gasteiger partial charge in [-0.05, 0) is 144 Å². The number of halogens is 12. The summed E-state index contributed by atoms with van der Waals surface area (Å²) in [7, 11) is 0.